The lowest BCUT2D eigenvalue weighted by Crippen LogP contribution is -3.13. The summed E-state index contributed by atoms with van der Waals surface area (Å²) in [5.74, 6) is -0.489. The van der Waals surface area contributed by atoms with Crippen LogP contribution in [0.25, 0.3) is 10.9 Å². The van der Waals surface area contributed by atoms with Crippen LogP contribution in [0.2, 0.25) is 0 Å². The van der Waals surface area contributed by atoms with E-state index < -0.39 is 12.0 Å². The fraction of sp³-hybridized carbons (Fsp3) is 0.524. The maximum atomic E-state index is 12.6. The molecule has 2 heterocycles. The number of likely N-dealkylation sites (tertiary alicyclic amines) is 1. The molecule has 1 saturated heterocycles. The molecule has 1 aliphatic rings. The molecule has 1 aromatic heterocycles. The normalized spacial score (nSPS) is 17.1. The van der Waals surface area contributed by atoms with E-state index in [-0.39, 0.29) is 5.91 Å². The molecule has 6 heteroatoms. The van der Waals surface area contributed by atoms with Gasteiger partial charge in [-0.15, -0.1) is 0 Å². The molecule has 6 nitrogen and oxygen atoms in total. The van der Waals surface area contributed by atoms with Gasteiger partial charge in [-0.3, -0.25) is 4.79 Å². The summed E-state index contributed by atoms with van der Waals surface area (Å²) < 4.78 is 4.93. The smallest absolute Gasteiger partial charge is 0.328 e. The largest absolute Gasteiger partial charge is 0.467 e. The number of amides is 1. The highest BCUT2D eigenvalue weighted by Gasteiger charge is 2.25. The Hall–Kier alpha value is -2.34. The molecule has 1 aliphatic heterocycles. The van der Waals surface area contributed by atoms with Crippen molar-refractivity contribution in [2.45, 2.75) is 44.6 Å². The number of nitrogens with one attached hydrogen (secondary N) is 3. The van der Waals surface area contributed by atoms with Gasteiger partial charge in [0.2, 0.25) is 0 Å². The molecule has 0 bridgehead atoms. The summed E-state index contributed by atoms with van der Waals surface area (Å²) in [7, 11) is 1.36. The lowest BCUT2D eigenvalue weighted by Gasteiger charge is -2.22. The highest BCUT2D eigenvalue weighted by Crippen LogP contribution is 2.19. The average molecular weight is 372 g/mol. The summed E-state index contributed by atoms with van der Waals surface area (Å²) in [6.07, 6.45) is 8.44. The monoisotopic (exact) mass is 372 g/mol. The van der Waals surface area contributed by atoms with Gasteiger partial charge in [-0.1, -0.05) is 24.6 Å². The Morgan fingerprint density at radius 1 is 1.15 bits per heavy atom. The summed E-state index contributed by atoms with van der Waals surface area (Å²) in [5, 5.41) is 3.97. The Kier molecular flexibility index (Phi) is 6.87. The Morgan fingerprint density at radius 2 is 1.85 bits per heavy atom. The first-order valence-electron chi connectivity index (χ1n) is 9.93. The number of esters is 1. The third-order valence-electron chi connectivity index (χ3n) is 5.39. The van der Waals surface area contributed by atoms with Gasteiger partial charge in [0.1, 0.15) is 6.04 Å². The highest BCUT2D eigenvalue weighted by molar-refractivity contribution is 5.87. The second-order valence-electron chi connectivity index (χ2n) is 7.40. The first-order chi connectivity index (χ1) is 13.2. The second kappa shape index (κ2) is 9.55. The van der Waals surface area contributed by atoms with Crippen molar-refractivity contribution in [3.63, 3.8) is 0 Å². The van der Waals surface area contributed by atoms with Crippen molar-refractivity contribution in [3.8, 4) is 0 Å². The van der Waals surface area contributed by atoms with Crippen molar-refractivity contribution < 1.29 is 19.2 Å². The van der Waals surface area contributed by atoms with Gasteiger partial charge in [0.25, 0.3) is 5.91 Å². The number of quaternary nitrogens is 1. The van der Waals surface area contributed by atoms with Gasteiger partial charge in [-0.25, -0.2) is 4.79 Å². The van der Waals surface area contributed by atoms with Gasteiger partial charge in [0, 0.05) is 23.5 Å². The second-order valence-corrected chi connectivity index (χ2v) is 7.40. The van der Waals surface area contributed by atoms with Gasteiger partial charge in [-0.2, -0.15) is 0 Å². The van der Waals surface area contributed by atoms with Gasteiger partial charge in [0.05, 0.1) is 20.2 Å². The van der Waals surface area contributed by atoms with E-state index in [4.69, 9.17) is 4.74 Å². The first kappa shape index (κ1) is 19.4. The van der Waals surface area contributed by atoms with E-state index in [1.54, 1.807) is 0 Å². The van der Waals surface area contributed by atoms with Gasteiger partial charge < -0.3 is 19.9 Å². The molecule has 0 saturated carbocycles. The molecule has 146 valence electrons. The molecule has 0 aliphatic carbocycles. The maximum Gasteiger partial charge on any atom is 0.328 e. The molecule has 0 spiro atoms. The molecule has 1 atom stereocenters. The Morgan fingerprint density at radius 3 is 2.59 bits per heavy atom. The number of para-hydroxylation sites is 1. The number of hydrogen-bond donors (Lipinski definition) is 3. The van der Waals surface area contributed by atoms with Crippen LogP contribution in [0.1, 0.15) is 37.7 Å². The minimum atomic E-state index is -0.670. The molecule has 1 aromatic carbocycles. The zero-order chi connectivity index (χ0) is 19.1. The SMILES string of the molecule is COC(=O)[C@H](Cc1c[nH]c2ccccc12)NC(=O)C[NH+]1CCCCCCC1. The van der Waals surface area contributed by atoms with E-state index in [0.29, 0.717) is 13.0 Å². The van der Waals surface area contributed by atoms with Crippen molar-refractivity contribution in [2.24, 2.45) is 0 Å². The predicted octanol–water partition coefficient (Wildman–Crippen LogP) is 1.22. The number of aromatic nitrogens is 1. The molecule has 1 amide bonds. The number of carbonyl (C=O) groups excluding carboxylic acids is 2. The minimum absolute atomic E-state index is 0.0826. The summed E-state index contributed by atoms with van der Waals surface area (Å²) in [4.78, 5) is 29.4. The Bertz CT molecular complexity index is 763. The Balaban J connectivity index is 1.64. The maximum absolute atomic E-state index is 12.6. The fourth-order valence-corrected chi connectivity index (χ4v) is 3.91. The van der Waals surface area contributed by atoms with Crippen LogP contribution in [-0.4, -0.2) is 49.6 Å². The average Bonchev–Trinajstić information content (AvgIpc) is 3.06. The van der Waals surface area contributed by atoms with E-state index >= 15 is 0 Å². The number of hydrogen-bond acceptors (Lipinski definition) is 3. The van der Waals surface area contributed by atoms with Crippen LogP contribution in [0, 0.1) is 0 Å². The quantitative estimate of drug-likeness (QED) is 0.668. The molecule has 1 fully saturated rings. The fourth-order valence-electron chi connectivity index (χ4n) is 3.91. The number of aromatic amines is 1. The summed E-state index contributed by atoms with van der Waals surface area (Å²) in [6.45, 7) is 2.47. The van der Waals surface area contributed by atoms with Crippen molar-refractivity contribution in [1.29, 1.82) is 0 Å². The van der Waals surface area contributed by atoms with Gasteiger partial charge in [-0.05, 0) is 37.3 Å². The predicted molar refractivity (Wildman–Crippen MR) is 105 cm³/mol. The third kappa shape index (κ3) is 5.32. The molecular formula is C21H30N3O3+. The zero-order valence-corrected chi connectivity index (χ0v) is 16.1. The number of rotatable bonds is 6. The van der Waals surface area contributed by atoms with Crippen LogP contribution in [0.4, 0.5) is 0 Å². The number of carbonyl (C=O) groups is 2. The standard InChI is InChI=1S/C21H29N3O3/c1-27-21(26)19(13-16-14-22-18-10-6-5-9-17(16)18)23-20(25)15-24-11-7-3-2-4-8-12-24/h5-6,9-10,14,19,22H,2-4,7-8,11-13,15H2,1H3,(H,23,25)/p+1/t19-/m0/s1. The zero-order valence-electron chi connectivity index (χ0n) is 16.1. The van der Waals surface area contributed by atoms with Gasteiger partial charge >= 0.3 is 5.97 Å². The summed E-state index contributed by atoms with van der Waals surface area (Å²) >= 11 is 0. The van der Waals surface area contributed by atoms with Crippen molar-refractivity contribution in [3.05, 3.63) is 36.0 Å². The van der Waals surface area contributed by atoms with Crippen molar-refractivity contribution >= 4 is 22.8 Å². The minimum Gasteiger partial charge on any atom is -0.467 e. The number of ether oxygens (including phenoxy) is 1. The third-order valence-corrected chi connectivity index (χ3v) is 5.39. The van der Waals surface area contributed by atoms with E-state index in [2.05, 4.69) is 10.3 Å². The van der Waals surface area contributed by atoms with Crippen molar-refractivity contribution in [1.82, 2.24) is 10.3 Å². The summed E-state index contributed by atoms with van der Waals surface area (Å²) in [6, 6.07) is 7.28. The van der Waals surface area contributed by atoms with E-state index in [0.717, 1.165) is 29.6 Å². The molecule has 0 radical (unpaired) electrons. The van der Waals surface area contributed by atoms with Crippen LogP contribution in [0.5, 0.6) is 0 Å². The van der Waals surface area contributed by atoms with Crippen LogP contribution in [0.15, 0.2) is 30.5 Å². The topological polar surface area (TPSA) is 75.6 Å². The molecule has 0 unspecified atom stereocenters. The van der Waals surface area contributed by atoms with Crippen LogP contribution in [0.3, 0.4) is 0 Å². The van der Waals surface area contributed by atoms with Crippen LogP contribution in [-0.2, 0) is 20.7 Å². The van der Waals surface area contributed by atoms with Gasteiger partial charge in [0.15, 0.2) is 6.54 Å². The first-order valence-corrected chi connectivity index (χ1v) is 9.93. The number of benzene rings is 1. The van der Waals surface area contributed by atoms with E-state index in [9.17, 15) is 9.59 Å². The van der Waals surface area contributed by atoms with Crippen LogP contribution >= 0.6 is 0 Å². The highest BCUT2D eigenvalue weighted by atomic mass is 16.5. The molecular weight excluding hydrogens is 342 g/mol. The van der Waals surface area contributed by atoms with E-state index in [1.165, 1.54) is 44.1 Å². The number of fused-ring (bicyclic) bond motifs is 1. The molecule has 3 N–H and O–H groups in total. The lowest BCUT2D eigenvalue weighted by molar-refractivity contribution is -0.893. The number of H-pyrrole nitrogens is 1. The van der Waals surface area contributed by atoms with Crippen LogP contribution < -0.4 is 10.2 Å². The van der Waals surface area contributed by atoms with Crippen molar-refractivity contribution in [2.75, 3.05) is 26.7 Å². The van der Waals surface area contributed by atoms with E-state index in [1.807, 2.05) is 30.5 Å². The lowest BCUT2D eigenvalue weighted by atomic mass is 10.0. The summed E-state index contributed by atoms with van der Waals surface area (Å²) in [5.41, 5.74) is 2.02. The Labute approximate surface area is 160 Å². The number of methoxy groups -OCH3 is 1. The molecule has 2 aromatic rings. The molecule has 27 heavy (non-hydrogen) atoms. The molecule has 3 rings (SSSR count).